The maximum Gasteiger partial charge on any atom is 0.349 e. The standard InChI is InChI=1S/C31H26Cl2N2O14/c1-14(36)46-21-9-5-16(11-23(21)44-3)30(42)48-25(28(39)35-34-27(38)19-8-7-18(32)13-20(19)33)26(29(40)41)49-31(43)17-6-10-22(47-15(2)37)24(12-17)45-4/h5-13,25-26H,1-4H3,(H,34,38)(H,35,39)(H,40,41)/t25-,26+/m1/s1. The highest BCUT2D eigenvalue weighted by Gasteiger charge is 2.41. The normalized spacial score (nSPS) is 11.6. The van der Waals surface area contributed by atoms with Gasteiger partial charge in [-0.3, -0.25) is 30.0 Å². The minimum absolute atomic E-state index is 0.0702. The molecule has 0 radical (unpaired) electrons. The smallest absolute Gasteiger partial charge is 0.349 e. The molecule has 3 aromatic carbocycles. The monoisotopic (exact) mass is 720 g/mol. The van der Waals surface area contributed by atoms with Gasteiger partial charge >= 0.3 is 29.8 Å². The van der Waals surface area contributed by atoms with Crippen molar-refractivity contribution in [1.29, 1.82) is 0 Å². The first-order chi connectivity index (χ1) is 23.1. The van der Waals surface area contributed by atoms with Crippen LogP contribution < -0.4 is 29.8 Å². The highest BCUT2D eigenvalue weighted by molar-refractivity contribution is 6.36. The van der Waals surface area contributed by atoms with E-state index in [1.54, 1.807) is 0 Å². The fourth-order valence-corrected chi connectivity index (χ4v) is 4.35. The summed E-state index contributed by atoms with van der Waals surface area (Å²) in [6.45, 7) is 2.25. The Labute approximate surface area is 287 Å². The zero-order valence-corrected chi connectivity index (χ0v) is 27.4. The molecular weight excluding hydrogens is 695 g/mol. The van der Waals surface area contributed by atoms with Gasteiger partial charge in [0.05, 0.1) is 35.9 Å². The Bertz CT molecular complexity index is 1810. The number of aliphatic carboxylic acids is 1. The van der Waals surface area contributed by atoms with Crippen LogP contribution in [0.3, 0.4) is 0 Å². The number of hydrazine groups is 1. The number of ether oxygens (including phenoxy) is 6. The van der Waals surface area contributed by atoms with Crippen LogP contribution in [0.25, 0.3) is 0 Å². The highest BCUT2D eigenvalue weighted by atomic mass is 35.5. The third-order valence-corrected chi connectivity index (χ3v) is 6.57. The summed E-state index contributed by atoms with van der Waals surface area (Å²) in [6.07, 6.45) is -4.97. The summed E-state index contributed by atoms with van der Waals surface area (Å²) in [5.41, 5.74) is 3.13. The van der Waals surface area contributed by atoms with Gasteiger partial charge < -0.3 is 33.5 Å². The first kappa shape index (κ1) is 37.6. The zero-order chi connectivity index (χ0) is 36.4. The van der Waals surface area contributed by atoms with Gasteiger partial charge in [0, 0.05) is 18.9 Å². The van der Waals surface area contributed by atoms with Crippen molar-refractivity contribution >= 4 is 64.9 Å². The van der Waals surface area contributed by atoms with E-state index >= 15 is 0 Å². The average molecular weight is 721 g/mol. The Morgan fingerprint density at radius 3 is 1.57 bits per heavy atom. The number of carboxylic acids is 1. The van der Waals surface area contributed by atoms with Crippen LogP contribution in [-0.2, 0) is 28.7 Å². The second kappa shape index (κ2) is 16.8. The van der Waals surface area contributed by atoms with Crippen LogP contribution in [0.5, 0.6) is 23.0 Å². The molecule has 0 saturated carbocycles. The molecule has 0 aromatic heterocycles. The van der Waals surface area contributed by atoms with Gasteiger partial charge in [-0.1, -0.05) is 23.2 Å². The molecule has 0 aliphatic rings. The van der Waals surface area contributed by atoms with Crippen molar-refractivity contribution in [2.24, 2.45) is 0 Å². The molecule has 2 atom stereocenters. The maximum absolute atomic E-state index is 13.3. The number of nitrogens with one attached hydrogen (secondary N) is 2. The van der Waals surface area contributed by atoms with Crippen LogP contribution in [0.15, 0.2) is 54.6 Å². The van der Waals surface area contributed by atoms with Crippen molar-refractivity contribution < 1.29 is 67.1 Å². The SMILES string of the molecule is COc1cc(C(=O)O[C@H](C(=O)O)[C@@H](OC(=O)c2ccc(OC(C)=O)c(OC)c2)C(=O)NNC(=O)c2ccc(Cl)cc2Cl)ccc1OC(C)=O. The molecule has 0 aliphatic heterocycles. The van der Waals surface area contributed by atoms with Crippen LogP contribution in [0.4, 0.5) is 0 Å². The van der Waals surface area contributed by atoms with Gasteiger partial charge in [-0.25, -0.2) is 14.4 Å². The molecule has 2 amide bonds. The Morgan fingerprint density at radius 1 is 0.653 bits per heavy atom. The summed E-state index contributed by atoms with van der Waals surface area (Å²) >= 11 is 11.9. The number of halogens is 2. The molecule has 0 heterocycles. The van der Waals surface area contributed by atoms with Crippen LogP contribution in [0, 0.1) is 0 Å². The molecule has 3 rings (SSSR count). The number of carbonyl (C=O) groups is 7. The fraction of sp³-hybridized carbons (Fsp3) is 0.194. The Morgan fingerprint density at radius 2 is 1.14 bits per heavy atom. The van der Waals surface area contributed by atoms with Crippen molar-refractivity contribution in [2.45, 2.75) is 26.1 Å². The summed E-state index contributed by atoms with van der Waals surface area (Å²) in [7, 11) is 2.41. The van der Waals surface area contributed by atoms with Crippen LogP contribution in [0.2, 0.25) is 10.0 Å². The van der Waals surface area contributed by atoms with Crippen LogP contribution in [-0.4, -0.2) is 73.2 Å². The second-order valence-corrected chi connectivity index (χ2v) is 10.3. The molecule has 0 unspecified atom stereocenters. The van der Waals surface area contributed by atoms with Gasteiger partial charge in [0.15, 0.2) is 23.0 Å². The molecule has 16 nitrogen and oxygen atoms in total. The number of hydrogen-bond acceptors (Lipinski definition) is 13. The minimum atomic E-state index is -2.52. The molecule has 3 N–H and O–H groups in total. The summed E-state index contributed by atoms with van der Waals surface area (Å²) in [4.78, 5) is 87.5. The molecule has 0 aliphatic carbocycles. The summed E-state index contributed by atoms with van der Waals surface area (Å²) in [5, 5.41) is 10.1. The Hall–Kier alpha value is -5.87. The maximum atomic E-state index is 13.3. The van der Waals surface area contributed by atoms with Gasteiger partial charge in [-0.15, -0.1) is 0 Å². The van der Waals surface area contributed by atoms with Gasteiger partial charge in [-0.2, -0.15) is 0 Å². The zero-order valence-electron chi connectivity index (χ0n) is 25.9. The summed E-state index contributed by atoms with van der Waals surface area (Å²) in [6, 6.07) is 10.5. The van der Waals surface area contributed by atoms with Gasteiger partial charge in [0.2, 0.25) is 12.2 Å². The van der Waals surface area contributed by atoms with Crippen molar-refractivity contribution in [1.82, 2.24) is 10.9 Å². The van der Waals surface area contributed by atoms with E-state index in [9.17, 15) is 38.7 Å². The molecule has 0 bridgehead atoms. The predicted octanol–water partition coefficient (Wildman–Crippen LogP) is 3.16. The lowest BCUT2D eigenvalue weighted by Gasteiger charge is -2.24. The van der Waals surface area contributed by atoms with Gasteiger partial charge in [-0.05, 0) is 54.6 Å². The topological polar surface area (TPSA) is 219 Å². The van der Waals surface area contributed by atoms with E-state index in [2.05, 4.69) is 0 Å². The van der Waals surface area contributed by atoms with E-state index in [0.717, 1.165) is 38.1 Å². The predicted molar refractivity (Wildman–Crippen MR) is 167 cm³/mol. The number of carboxylic acid groups (broad SMARTS) is 1. The average Bonchev–Trinajstić information content (AvgIpc) is 3.04. The van der Waals surface area contributed by atoms with Crippen molar-refractivity contribution in [3.63, 3.8) is 0 Å². The second-order valence-electron chi connectivity index (χ2n) is 9.48. The van der Waals surface area contributed by atoms with E-state index in [0.29, 0.717) is 0 Å². The molecule has 0 fully saturated rings. The lowest BCUT2D eigenvalue weighted by Crippen LogP contribution is -2.54. The molecule has 18 heteroatoms. The molecular formula is C31H26Cl2N2O14. The van der Waals surface area contributed by atoms with Crippen molar-refractivity contribution in [3.05, 3.63) is 81.3 Å². The number of hydrogen-bond donors (Lipinski definition) is 3. The number of esters is 4. The molecule has 49 heavy (non-hydrogen) atoms. The van der Waals surface area contributed by atoms with Crippen molar-refractivity contribution in [2.75, 3.05) is 14.2 Å². The van der Waals surface area contributed by atoms with E-state index < -0.39 is 53.9 Å². The number of methoxy groups -OCH3 is 2. The molecule has 258 valence electrons. The summed E-state index contributed by atoms with van der Waals surface area (Å²) < 4.78 is 30.5. The number of rotatable bonds is 12. The molecule has 0 spiro atoms. The largest absolute Gasteiger partial charge is 0.493 e. The molecule has 3 aromatic rings. The Balaban J connectivity index is 1.95. The highest BCUT2D eigenvalue weighted by Crippen LogP contribution is 2.30. The fourth-order valence-electron chi connectivity index (χ4n) is 3.86. The first-order valence-corrected chi connectivity index (χ1v) is 14.3. The van der Waals surface area contributed by atoms with Gasteiger partial charge in [0.1, 0.15) is 0 Å². The van der Waals surface area contributed by atoms with E-state index in [1.165, 1.54) is 44.6 Å². The minimum Gasteiger partial charge on any atom is -0.493 e. The third kappa shape index (κ3) is 10.1. The number of carbonyl (C=O) groups excluding carboxylic acids is 6. The number of benzene rings is 3. The quantitative estimate of drug-likeness (QED) is 0.139. The summed E-state index contributed by atoms with van der Waals surface area (Å²) in [5.74, 6) is -8.79. The van der Waals surface area contributed by atoms with Crippen molar-refractivity contribution in [3.8, 4) is 23.0 Å². The van der Waals surface area contributed by atoms with Crippen LogP contribution in [0.1, 0.15) is 44.9 Å². The lowest BCUT2D eigenvalue weighted by atomic mass is 10.1. The lowest BCUT2D eigenvalue weighted by molar-refractivity contribution is -0.159. The van der Waals surface area contributed by atoms with E-state index in [1.807, 2.05) is 10.9 Å². The molecule has 0 saturated heterocycles. The van der Waals surface area contributed by atoms with Gasteiger partial charge in [0.25, 0.3) is 11.8 Å². The first-order valence-electron chi connectivity index (χ1n) is 13.6. The third-order valence-electron chi connectivity index (χ3n) is 6.03. The van der Waals surface area contributed by atoms with E-state index in [-0.39, 0.29) is 49.7 Å². The number of amides is 2. The van der Waals surface area contributed by atoms with E-state index in [4.69, 9.17) is 51.6 Å². The van der Waals surface area contributed by atoms with Crippen LogP contribution >= 0.6 is 23.2 Å². The Kier molecular flexibility index (Phi) is 12.9.